The van der Waals surface area contributed by atoms with Crippen LogP contribution >= 0.6 is 12.2 Å². The highest BCUT2D eigenvalue weighted by molar-refractivity contribution is 7.80. The first kappa shape index (κ1) is 24.2. The number of nitrogens with zero attached hydrogens (tertiary/aromatic N) is 1. The second-order valence-electron chi connectivity index (χ2n) is 7.49. The van der Waals surface area contributed by atoms with Gasteiger partial charge in [-0.3, -0.25) is 9.69 Å². The zero-order valence-electron chi connectivity index (χ0n) is 18.2. The van der Waals surface area contributed by atoms with Crippen LogP contribution in [0.1, 0.15) is 16.7 Å². The van der Waals surface area contributed by atoms with E-state index in [4.69, 9.17) is 21.7 Å². The number of ether oxygens (including phenoxy) is 2. The number of amides is 1. The molecule has 1 aliphatic heterocycles. The normalized spacial score (nSPS) is 14.9. The van der Waals surface area contributed by atoms with Crippen molar-refractivity contribution in [1.82, 2.24) is 5.32 Å². The molecule has 3 aromatic carbocycles. The zero-order chi connectivity index (χ0) is 25.2. The van der Waals surface area contributed by atoms with Gasteiger partial charge in [0.2, 0.25) is 0 Å². The lowest BCUT2D eigenvalue weighted by atomic mass is 10.1. The Morgan fingerprint density at radius 2 is 1.80 bits per heavy atom. The SMILES string of the molecule is COc1ccc(/C=C2/NC(=S)N(c3ccc(F)cc3)C2=O)cc1COc1cccc(C(F)(F)F)c1. The lowest BCUT2D eigenvalue weighted by Crippen LogP contribution is -2.30. The first-order chi connectivity index (χ1) is 16.7. The number of benzene rings is 3. The predicted molar refractivity (Wildman–Crippen MR) is 126 cm³/mol. The largest absolute Gasteiger partial charge is 0.496 e. The van der Waals surface area contributed by atoms with Gasteiger partial charge in [0.05, 0.1) is 18.4 Å². The fraction of sp³-hybridized carbons (Fsp3) is 0.120. The molecule has 0 saturated carbocycles. The van der Waals surface area contributed by atoms with Gasteiger partial charge in [-0.15, -0.1) is 0 Å². The molecule has 1 fully saturated rings. The Labute approximate surface area is 203 Å². The average molecular weight is 502 g/mol. The number of thiocarbonyl (C=S) groups is 1. The topological polar surface area (TPSA) is 50.8 Å². The van der Waals surface area contributed by atoms with Crippen LogP contribution in [0.2, 0.25) is 0 Å². The van der Waals surface area contributed by atoms with Gasteiger partial charge in [-0.05, 0) is 78.5 Å². The van der Waals surface area contributed by atoms with E-state index in [1.54, 1.807) is 24.3 Å². The monoisotopic (exact) mass is 502 g/mol. The molecule has 4 rings (SSSR count). The summed E-state index contributed by atoms with van der Waals surface area (Å²) >= 11 is 5.26. The molecule has 0 radical (unpaired) electrons. The molecule has 0 bridgehead atoms. The molecule has 10 heteroatoms. The van der Waals surface area contributed by atoms with Crippen LogP contribution in [0.4, 0.5) is 23.2 Å². The molecule has 1 amide bonds. The van der Waals surface area contributed by atoms with Crippen molar-refractivity contribution in [2.75, 3.05) is 12.0 Å². The number of carbonyl (C=O) groups excluding carboxylic acids is 1. The van der Waals surface area contributed by atoms with Crippen molar-refractivity contribution in [3.63, 3.8) is 0 Å². The second kappa shape index (κ2) is 9.75. The fourth-order valence-electron chi connectivity index (χ4n) is 3.45. The quantitative estimate of drug-likeness (QED) is 0.267. The standard InChI is InChI=1S/C25H18F4N2O3S/c1-33-22-10-5-15(11-16(22)14-34-20-4-2-3-17(13-20)25(27,28)29)12-21-23(32)31(24(35)30-21)19-8-6-18(26)7-9-19/h2-13H,14H2,1H3,(H,30,35)/b21-12+. The number of anilines is 1. The Kier molecular flexibility index (Phi) is 6.74. The number of nitrogens with one attached hydrogen (secondary N) is 1. The lowest BCUT2D eigenvalue weighted by molar-refractivity contribution is -0.137. The van der Waals surface area contributed by atoms with Gasteiger partial charge in [0.15, 0.2) is 5.11 Å². The van der Waals surface area contributed by atoms with Gasteiger partial charge in [-0.25, -0.2) is 4.39 Å². The van der Waals surface area contributed by atoms with Crippen molar-refractivity contribution in [2.45, 2.75) is 12.8 Å². The van der Waals surface area contributed by atoms with Crippen LogP contribution in [0.25, 0.3) is 6.08 Å². The third-order valence-corrected chi connectivity index (χ3v) is 5.42. The number of methoxy groups -OCH3 is 1. The van der Waals surface area contributed by atoms with E-state index in [1.807, 2.05) is 0 Å². The zero-order valence-corrected chi connectivity index (χ0v) is 19.0. The summed E-state index contributed by atoms with van der Waals surface area (Å²) in [6.07, 6.45) is -2.91. The van der Waals surface area contributed by atoms with Crippen LogP contribution in [0, 0.1) is 5.82 Å². The Bertz CT molecular complexity index is 1310. The van der Waals surface area contributed by atoms with E-state index >= 15 is 0 Å². The van der Waals surface area contributed by atoms with Crippen molar-refractivity contribution in [1.29, 1.82) is 0 Å². The van der Waals surface area contributed by atoms with Crippen molar-refractivity contribution in [2.24, 2.45) is 0 Å². The number of hydrogen-bond donors (Lipinski definition) is 1. The number of hydrogen-bond acceptors (Lipinski definition) is 4. The number of carbonyl (C=O) groups is 1. The average Bonchev–Trinajstić information content (AvgIpc) is 3.10. The molecule has 180 valence electrons. The summed E-state index contributed by atoms with van der Waals surface area (Å²) in [5.41, 5.74) is 0.972. The van der Waals surface area contributed by atoms with Gasteiger partial charge in [-0.1, -0.05) is 12.1 Å². The molecular weight excluding hydrogens is 484 g/mol. The summed E-state index contributed by atoms with van der Waals surface area (Å²) in [5.74, 6) is -0.334. The Morgan fingerprint density at radius 3 is 2.49 bits per heavy atom. The van der Waals surface area contributed by atoms with E-state index in [0.717, 1.165) is 12.1 Å². The smallest absolute Gasteiger partial charge is 0.416 e. The van der Waals surface area contributed by atoms with Crippen LogP contribution in [-0.2, 0) is 17.6 Å². The maximum atomic E-state index is 13.2. The van der Waals surface area contributed by atoms with E-state index < -0.39 is 23.5 Å². The maximum Gasteiger partial charge on any atom is 0.416 e. The third kappa shape index (κ3) is 5.43. The third-order valence-electron chi connectivity index (χ3n) is 5.13. The van der Waals surface area contributed by atoms with Crippen molar-refractivity contribution in [3.05, 3.63) is 94.9 Å². The summed E-state index contributed by atoms with van der Waals surface area (Å²) in [6.45, 7) is -0.0665. The van der Waals surface area contributed by atoms with E-state index in [2.05, 4.69) is 5.32 Å². The van der Waals surface area contributed by atoms with Gasteiger partial charge in [0, 0.05) is 5.56 Å². The predicted octanol–water partition coefficient (Wildman–Crippen LogP) is 5.69. The molecule has 0 unspecified atom stereocenters. The molecule has 0 aromatic heterocycles. The van der Waals surface area contributed by atoms with Crippen LogP contribution in [0.15, 0.2) is 72.4 Å². The van der Waals surface area contributed by atoms with Gasteiger partial charge in [0.1, 0.15) is 29.6 Å². The summed E-state index contributed by atoms with van der Waals surface area (Å²) in [7, 11) is 1.46. The van der Waals surface area contributed by atoms with Crippen LogP contribution in [-0.4, -0.2) is 18.1 Å². The summed E-state index contributed by atoms with van der Waals surface area (Å²) < 4.78 is 63.0. The summed E-state index contributed by atoms with van der Waals surface area (Å²) in [4.78, 5) is 14.2. The molecule has 0 atom stereocenters. The first-order valence-electron chi connectivity index (χ1n) is 10.3. The molecule has 35 heavy (non-hydrogen) atoms. The summed E-state index contributed by atoms with van der Waals surface area (Å²) in [5, 5.41) is 3.00. The van der Waals surface area contributed by atoms with E-state index in [9.17, 15) is 22.4 Å². The molecule has 1 heterocycles. The highest BCUT2D eigenvalue weighted by atomic mass is 32.1. The maximum absolute atomic E-state index is 13.2. The molecule has 5 nitrogen and oxygen atoms in total. The number of alkyl halides is 3. The minimum atomic E-state index is -4.48. The van der Waals surface area contributed by atoms with Crippen LogP contribution in [0.3, 0.4) is 0 Å². The Morgan fingerprint density at radius 1 is 1.06 bits per heavy atom. The molecule has 0 aliphatic carbocycles. The van der Waals surface area contributed by atoms with E-state index in [1.165, 1.54) is 48.4 Å². The second-order valence-corrected chi connectivity index (χ2v) is 7.88. The van der Waals surface area contributed by atoms with Gasteiger partial charge in [0.25, 0.3) is 5.91 Å². The molecule has 1 saturated heterocycles. The Balaban J connectivity index is 1.55. The fourth-order valence-corrected chi connectivity index (χ4v) is 3.75. The van der Waals surface area contributed by atoms with Gasteiger partial charge >= 0.3 is 6.18 Å². The van der Waals surface area contributed by atoms with Crippen LogP contribution in [0.5, 0.6) is 11.5 Å². The molecular formula is C25H18F4N2O3S. The minimum Gasteiger partial charge on any atom is -0.496 e. The van der Waals surface area contributed by atoms with Crippen molar-refractivity contribution < 1.29 is 31.8 Å². The van der Waals surface area contributed by atoms with Crippen LogP contribution < -0.4 is 19.7 Å². The minimum absolute atomic E-state index is 0.0542. The Hall–Kier alpha value is -3.92. The molecule has 1 aliphatic rings. The van der Waals surface area contributed by atoms with E-state index in [-0.39, 0.29) is 23.2 Å². The molecule has 1 N–H and O–H groups in total. The van der Waals surface area contributed by atoms with Gasteiger partial charge in [-0.2, -0.15) is 13.2 Å². The van der Waals surface area contributed by atoms with E-state index in [0.29, 0.717) is 22.6 Å². The number of halogens is 4. The summed E-state index contributed by atoms with van der Waals surface area (Å²) in [6, 6.07) is 15.0. The first-order valence-corrected chi connectivity index (χ1v) is 10.7. The van der Waals surface area contributed by atoms with Crippen molar-refractivity contribution in [3.8, 4) is 11.5 Å². The highest BCUT2D eigenvalue weighted by Gasteiger charge is 2.32. The molecule has 0 spiro atoms. The van der Waals surface area contributed by atoms with Crippen molar-refractivity contribution >= 4 is 35.0 Å². The molecule has 3 aromatic rings. The van der Waals surface area contributed by atoms with Gasteiger partial charge < -0.3 is 14.8 Å². The highest BCUT2D eigenvalue weighted by Crippen LogP contribution is 2.32. The lowest BCUT2D eigenvalue weighted by Gasteiger charge is -2.13. The number of rotatable bonds is 6.